The molecule has 130 valence electrons. The largest absolute Gasteiger partial charge is 0.352 e. The number of carbonyl (C=O) groups excluding carboxylic acids is 1. The molecule has 0 aliphatic carbocycles. The van der Waals surface area contributed by atoms with E-state index in [1.165, 1.54) is 69.5 Å². The van der Waals surface area contributed by atoms with E-state index >= 15 is 0 Å². The predicted molar refractivity (Wildman–Crippen MR) is 100 cm³/mol. The second-order valence-corrected chi connectivity index (χ2v) is 6.79. The smallest absolute Gasteiger partial charge is 0.254 e. The van der Waals surface area contributed by atoms with Crippen molar-refractivity contribution in [2.45, 2.75) is 76.2 Å². The van der Waals surface area contributed by atoms with Gasteiger partial charge in [0.15, 0.2) is 0 Å². The second-order valence-electron chi connectivity index (χ2n) is 6.00. The van der Waals surface area contributed by atoms with Gasteiger partial charge < -0.3 is 5.32 Å². The lowest BCUT2D eigenvalue weighted by Gasteiger charge is -2.07. The Morgan fingerprint density at radius 2 is 1.65 bits per heavy atom. The number of hydrogen-bond acceptors (Lipinski definition) is 3. The van der Waals surface area contributed by atoms with Gasteiger partial charge in [0, 0.05) is 12.7 Å². The zero-order chi connectivity index (χ0) is 16.8. The van der Waals surface area contributed by atoms with Gasteiger partial charge in [0.05, 0.1) is 5.56 Å². The molecule has 0 spiro atoms. The lowest BCUT2D eigenvalue weighted by molar-refractivity contribution is 0.0949. The van der Waals surface area contributed by atoms with Gasteiger partial charge in [0.25, 0.3) is 5.91 Å². The Labute approximate surface area is 146 Å². The van der Waals surface area contributed by atoms with Crippen LogP contribution in [0, 0.1) is 0 Å². The van der Waals surface area contributed by atoms with Crippen LogP contribution in [-0.2, 0) is 0 Å². The van der Waals surface area contributed by atoms with E-state index < -0.39 is 0 Å². The molecular formula is C19H32N2OS. The SMILES string of the molecule is CCCCCCCCCCCCNC(=O)c1cccnc1SC. The van der Waals surface area contributed by atoms with Crippen LogP contribution in [0.5, 0.6) is 0 Å². The van der Waals surface area contributed by atoms with Gasteiger partial charge in [0.2, 0.25) is 0 Å². The highest BCUT2D eigenvalue weighted by Gasteiger charge is 2.10. The molecule has 0 saturated carbocycles. The summed E-state index contributed by atoms with van der Waals surface area (Å²) in [5.41, 5.74) is 0.687. The summed E-state index contributed by atoms with van der Waals surface area (Å²) in [5, 5.41) is 3.81. The number of pyridine rings is 1. The fourth-order valence-corrected chi connectivity index (χ4v) is 3.18. The molecule has 0 atom stereocenters. The molecule has 0 fully saturated rings. The molecule has 4 heteroatoms. The van der Waals surface area contributed by atoms with Crippen LogP contribution in [0.2, 0.25) is 0 Å². The summed E-state index contributed by atoms with van der Waals surface area (Å²) >= 11 is 1.51. The number of nitrogens with one attached hydrogen (secondary N) is 1. The summed E-state index contributed by atoms with van der Waals surface area (Å²) in [6.07, 6.45) is 16.8. The van der Waals surface area contributed by atoms with Crippen molar-refractivity contribution in [3.05, 3.63) is 23.9 Å². The highest BCUT2D eigenvalue weighted by molar-refractivity contribution is 7.98. The molecule has 0 aliphatic rings. The van der Waals surface area contributed by atoms with Crippen LogP contribution in [-0.4, -0.2) is 23.7 Å². The highest BCUT2D eigenvalue weighted by Crippen LogP contribution is 2.16. The Balaban J connectivity index is 2.01. The van der Waals surface area contributed by atoms with Crippen molar-refractivity contribution >= 4 is 17.7 Å². The zero-order valence-corrected chi connectivity index (χ0v) is 15.6. The summed E-state index contributed by atoms with van der Waals surface area (Å²) in [4.78, 5) is 16.3. The highest BCUT2D eigenvalue weighted by atomic mass is 32.2. The molecule has 1 rings (SSSR count). The van der Waals surface area contributed by atoms with Crippen LogP contribution < -0.4 is 5.32 Å². The van der Waals surface area contributed by atoms with Gasteiger partial charge in [-0.1, -0.05) is 64.7 Å². The van der Waals surface area contributed by atoms with Crippen LogP contribution in [0.1, 0.15) is 81.5 Å². The summed E-state index contributed by atoms with van der Waals surface area (Å²) in [6, 6.07) is 3.65. The van der Waals surface area contributed by atoms with Crippen molar-refractivity contribution in [2.24, 2.45) is 0 Å². The van der Waals surface area contributed by atoms with E-state index in [0.29, 0.717) is 5.56 Å². The third-order valence-electron chi connectivity index (χ3n) is 4.03. The molecule has 0 saturated heterocycles. The second kappa shape index (κ2) is 13.4. The standard InChI is InChI=1S/C19H32N2OS/c1-3-4-5-6-7-8-9-10-11-12-15-20-18(22)17-14-13-16-21-19(17)23-2/h13-14,16H,3-12,15H2,1-2H3,(H,20,22). The lowest BCUT2D eigenvalue weighted by Crippen LogP contribution is -2.25. The van der Waals surface area contributed by atoms with Crippen LogP contribution >= 0.6 is 11.8 Å². The first kappa shape index (κ1) is 20.0. The summed E-state index contributed by atoms with van der Waals surface area (Å²) in [7, 11) is 0. The third kappa shape index (κ3) is 8.99. The van der Waals surface area contributed by atoms with E-state index in [1.807, 2.05) is 18.4 Å². The Bertz CT molecular complexity index is 437. The Morgan fingerprint density at radius 1 is 1.04 bits per heavy atom. The molecule has 1 N–H and O–H groups in total. The van der Waals surface area contributed by atoms with Crippen molar-refractivity contribution in [1.29, 1.82) is 0 Å². The molecule has 3 nitrogen and oxygen atoms in total. The summed E-state index contributed by atoms with van der Waals surface area (Å²) in [6.45, 7) is 3.02. The Hall–Kier alpha value is -1.03. The van der Waals surface area contributed by atoms with Gasteiger partial charge in [-0.25, -0.2) is 4.98 Å². The number of nitrogens with zero attached hydrogens (tertiary/aromatic N) is 1. The fourth-order valence-electron chi connectivity index (χ4n) is 2.64. The van der Waals surface area contributed by atoms with E-state index in [4.69, 9.17) is 0 Å². The first-order chi connectivity index (χ1) is 11.3. The monoisotopic (exact) mass is 336 g/mol. The van der Waals surface area contributed by atoms with Crippen LogP contribution in [0.4, 0.5) is 0 Å². The van der Waals surface area contributed by atoms with Gasteiger partial charge in [0.1, 0.15) is 5.03 Å². The van der Waals surface area contributed by atoms with Crippen molar-refractivity contribution in [3.63, 3.8) is 0 Å². The molecule has 23 heavy (non-hydrogen) atoms. The van der Waals surface area contributed by atoms with Crippen LogP contribution in [0.3, 0.4) is 0 Å². The van der Waals surface area contributed by atoms with E-state index in [1.54, 1.807) is 6.20 Å². The minimum absolute atomic E-state index is 0.00151. The normalized spacial score (nSPS) is 10.7. The summed E-state index contributed by atoms with van der Waals surface area (Å²) < 4.78 is 0. The molecule has 0 radical (unpaired) electrons. The van der Waals surface area contributed by atoms with Crippen LogP contribution in [0.15, 0.2) is 23.4 Å². The van der Waals surface area contributed by atoms with E-state index in [2.05, 4.69) is 17.2 Å². The molecule has 0 aliphatic heterocycles. The first-order valence-electron chi connectivity index (χ1n) is 9.06. The average Bonchev–Trinajstić information content (AvgIpc) is 2.59. The molecule has 1 aromatic heterocycles. The van der Waals surface area contributed by atoms with Crippen molar-refractivity contribution in [2.75, 3.05) is 12.8 Å². The van der Waals surface area contributed by atoms with Crippen molar-refractivity contribution in [1.82, 2.24) is 10.3 Å². The maximum Gasteiger partial charge on any atom is 0.254 e. The minimum atomic E-state index is -0.00151. The molecular weight excluding hydrogens is 304 g/mol. The van der Waals surface area contributed by atoms with E-state index in [0.717, 1.165) is 18.0 Å². The number of amides is 1. The lowest BCUT2D eigenvalue weighted by atomic mass is 10.1. The maximum absolute atomic E-state index is 12.1. The maximum atomic E-state index is 12.1. The van der Waals surface area contributed by atoms with E-state index in [-0.39, 0.29) is 5.91 Å². The molecule has 0 bridgehead atoms. The topological polar surface area (TPSA) is 42.0 Å². The number of hydrogen-bond donors (Lipinski definition) is 1. The Kier molecular flexibility index (Phi) is 11.7. The van der Waals surface area contributed by atoms with Gasteiger partial charge >= 0.3 is 0 Å². The molecule has 1 amide bonds. The predicted octanol–water partition coefficient (Wildman–Crippen LogP) is 5.45. The number of thioether (sulfide) groups is 1. The number of unbranched alkanes of at least 4 members (excludes halogenated alkanes) is 9. The van der Waals surface area contributed by atoms with Gasteiger partial charge in [-0.15, -0.1) is 11.8 Å². The van der Waals surface area contributed by atoms with Gasteiger partial charge in [-0.05, 0) is 24.8 Å². The van der Waals surface area contributed by atoms with Gasteiger partial charge in [-0.2, -0.15) is 0 Å². The molecule has 1 heterocycles. The quantitative estimate of drug-likeness (QED) is 0.384. The average molecular weight is 337 g/mol. The fraction of sp³-hybridized carbons (Fsp3) is 0.684. The van der Waals surface area contributed by atoms with Crippen molar-refractivity contribution < 1.29 is 4.79 Å². The third-order valence-corrected chi connectivity index (χ3v) is 4.74. The first-order valence-corrected chi connectivity index (χ1v) is 10.3. The van der Waals surface area contributed by atoms with Crippen LogP contribution in [0.25, 0.3) is 0 Å². The molecule has 1 aromatic rings. The van der Waals surface area contributed by atoms with Gasteiger partial charge in [-0.3, -0.25) is 4.79 Å². The molecule has 0 unspecified atom stereocenters. The minimum Gasteiger partial charge on any atom is -0.352 e. The van der Waals surface area contributed by atoms with E-state index in [9.17, 15) is 4.79 Å². The van der Waals surface area contributed by atoms with Crippen molar-refractivity contribution in [3.8, 4) is 0 Å². The number of aromatic nitrogens is 1. The Morgan fingerprint density at radius 3 is 2.26 bits per heavy atom. The summed E-state index contributed by atoms with van der Waals surface area (Å²) in [5.74, 6) is -0.00151. The molecule has 0 aromatic carbocycles. The number of carbonyl (C=O) groups is 1. The number of rotatable bonds is 13. The zero-order valence-electron chi connectivity index (χ0n) is 14.8.